The first-order chi connectivity index (χ1) is 14.5. The Morgan fingerprint density at radius 3 is 2.47 bits per heavy atom. The summed E-state index contributed by atoms with van der Waals surface area (Å²) in [6, 6.07) is 20.8. The molecule has 2 aromatic carbocycles. The van der Waals surface area contributed by atoms with E-state index in [2.05, 4.69) is 15.6 Å². The number of imidazole rings is 1. The minimum absolute atomic E-state index is 0.173. The molecule has 4 rings (SSSR count). The van der Waals surface area contributed by atoms with E-state index in [9.17, 15) is 9.59 Å². The van der Waals surface area contributed by atoms with Crippen molar-refractivity contribution in [2.45, 2.75) is 20.4 Å². The first kappa shape index (κ1) is 19.4. The Balaban J connectivity index is 1.59. The number of pyridine rings is 1. The van der Waals surface area contributed by atoms with Gasteiger partial charge in [0, 0.05) is 18.4 Å². The summed E-state index contributed by atoms with van der Waals surface area (Å²) < 4.78 is 1.63. The molecule has 150 valence electrons. The molecule has 0 atom stereocenters. The molecule has 0 unspecified atom stereocenters. The molecule has 6 nitrogen and oxygen atoms in total. The second kappa shape index (κ2) is 8.21. The lowest BCUT2D eigenvalue weighted by Gasteiger charge is -2.05. The number of aromatic nitrogens is 2. The van der Waals surface area contributed by atoms with Crippen LogP contribution in [0.25, 0.3) is 5.52 Å². The summed E-state index contributed by atoms with van der Waals surface area (Å²) in [5.41, 5.74) is 4.69. The van der Waals surface area contributed by atoms with Crippen molar-refractivity contribution in [1.82, 2.24) is 14.7 Å². The normalized spacial score (nSPS) is 10.7. The van der Waals surface area contributed by atoms with Crippen molar-refractivity contribution in [2.24, 2.45) is 0 Å². The summed E-state index contributed by atoms with van der Waals surface area (Å²) in [6.45, 7) is 4.37. The number of hydrogen-bond donors (Lipinski definition) is 2. The molecule has 2 N–H and O–H groups in total. The molecule has 2 heterocycles. The lowest BCUT2D eigenvalue weighted by atomic mass is 10.1. The molecule has 0 spiro atoms. The maximum Gasteiger partial charge on any atom is 0.287 e. The zero-order chi connectivity index (χ0) is 21.1. The molecular weight excluding hydrogens is 376 g/mol. The highest BCUT2D eigenvalue weighted by Gasteiger charge is 2.21. The zero-order valence-electron chi connectivity index (χ0n) is 16.8. The lowest BCUT2D eigenvalue weighted by Crippen LogP contribution is -2.25. The molecule has 0 saturated heterocycles. The van der Waals surface area contributed by atoms with Crippen molar-refractivity contribution in [1.29, 1.82) is 0 Å². The van der Waals surface area contributed by atoms with Gasteiger partial charge in [0.25, 0.3) is 11.8 Å². The topological polar surface area (TPSA) is 75.5 Å². The summed E-state index contributed by atoms with van der Waals surface area (Å²) >= 11 is 0. The lowest BCUT2D eigenvalue weighted by molar-refractivity contribution is 0.0940. The highest BCUT2D eigenvalue weighted by Crippen LogP contribution is 2.16. The Kier molecular flexibility index (Phi) is 5.30. The minimum Gasteiger partial charge on any atom is -0.345 e. The summed E-state index contributed by atoms with van der Waals surface area (Å²) in [6.07, 6.45) is 1.73. The van der Waals surface area contributed by atoms with Gasteiger partial charge in [-0.25, -0.2) is 4.98 Å². The van der Waals surface area contributed by atoms with E-state index in [4.69, 9.17) is 0 Å². The largest absolute Gasteiger partial charge is 0.345 e. The average Bonchev–Trinajstić information content (AvgIpc) is 3.14. The molecule has 0 aliphatic rings. The number of anilines is 1. The Hall–Kier alpha value is -3.93. The monoisotopic (exact) mass is 398 g/mol. The molecule has 4 aromatic rings. The summed E-state index contributed by atoms with van der Waals surface area (Å²) in [7, 11) is 0. The Morgan fingerprint density at radius 1 is 0.900 bits per heavy atom. The van der Waals surface area contributed by atoms with E-state index in [-0.39, 0.29) is 23.3 Å². The van der Waals surface area contributed by atoms with Gasteiger partial charge in [-0.2, -0.15) is 0 Å². The second-order valence-electron chi connectivity index (χ2n) is 7.23. The van der Waals surface area contributed by atoms with Crippen LogP contribution in [0.4, 0.5) is 5.69 Å². The summed E-state index contributed by atoms with van der Waals surface area (Å²) in [5, 5.41) is 5.74. The molecule has 0 radical (unpaired) electrons. The third-order valence-corrected chi connectivity index (χ3v) is 4.81. The van der Waals surface area contributed by atoms with Crippen LogP contribution in [-0.4, -0.2) is 21.2 Å². The number of aryl methyl sites for hydroxylation is 2. The van der Waals surface area contributed by atoms with E-state index in [0.29, 0.717) is 17.7 Å². The number of fused-ring (bicyclic) bond motifs is 1. The van der Waals surface area contributed by atoms with Gasteiger partial charge in [0.2, 0.25) is 5.82 Å². The van der Waals surface area contributed by atoms with Crippen molar-refractivity contribution in [3.8, 4) is 0 Å². The Bertz CT molecular complexity index is 1230. The molecule has 0 saturated carbocycles. The number of nitrogens with one attached hydrogen (secondary N) is 2. The average molecular weight is 398 g/mol. The molecule has 6 heteroatoms. The van der Waals surface area contributed by atoms with Crippen LogP contribution in [-0.2, 0) is 6.54 Å². The molecule has 2 amide bonds. The van der Waals surface area contributed by atoms with Crippen molar-refractivity contribution in [3.05, 3.63) is 101 Å². The second-order valence-corrected chi connectivity index (χ2v) is 7.23. The van der Waals surface area contributed by atoms with Crippen LogP contribution in [0, 0.1) is 13.8 Å². The molecule has 0 aliphatic heterocycles. The minimum atomic E-state index is -0.361. The number of rotatable bonds is 5. The fraction of sp³-hybridized carbons (Fsp3) is 0.125. The molecular formula is C24H22N4O2. The van der Waals surface area contributed by atoms with Crippen LogP contribution in [0.2, 0.25) is 0 Å². The van der Waals surface area contributed by atoms with Gasteiger partial charge < -0.3 is 10.6 Å². The van der Waals surface area contributed by atoms with Crippen LogP contribution >= 0.6 is 0 Å². The third-order valence-electron chi connectivity index (χ3n) is 4.81. The van der Waals surface area contributed by atoms with Gasteiger partial charge >= 0.3 is 0 Å². The van der Waals surface area contributed by atoms with Crippen LogP contribution in [0.15, 0.2) is 72.9 Å². The first-order valence-corrected chi connectivity index (χ1v) is 9.70. The van der Waals surface area contributed by atoms with E-state index in [1.807, 2.05) is 68.4 Å². The fourth-order valence-electron chi connectivity index (χ4n) is 3.28. The van der Waals surface area contributed by atoms with Crippen LogP contribution in [0.5, 0.6) is 0 Å². The van der Waals surface area contributed by atoms with Gasteiger partial charge in [0.1, 0.15) is 0 Å². The zero-order valence-corrected chi connectivity index (χ0v) is 16.8. The van der Waals surface area contributed by atoms with E-state index >= 15 is 0 Å². The van der Waals surface area contributed by atoms with Gasteiger partial charge in [-0.3, -0.25) is 14.0 Å². The molecule has 2 aromatic heterocycles. The predicted octanol–water partition coefficient (Wildman–Crippen LogP) is 4.13. The van der Waals surface area contributed by atoms with Crippen LogP contribution < -0.4 is 10.6 Å². The third kappa shape index (κ3) is 4.07. The van der Waals surface area contributed by atoms with Crippen molar-refractivity contribution >= 4 is 23.0 Å². The number of nitrogens with zero attached hydrogens (tertiary/aromatic N) is 2. The first-order valence-electron chi connectivity index (χ1n) is 9.70. The number of hydrogen-bond acceptors (Lipinski definition) is 3. The van der Waals surface area contributed by atoms with Gasteiger partial charge in [-0.05, 0) is 43.7 Å². The van der Waals surface area contributed by atoms with Gasteiger partial charge in [0.05, 0.1) is 5.52 Å². The van der Waals surface area contributed by atoms with E-state index in [1.165, 1.54) is 0 Å². The van der Waals surface area contributed by atoms with Crippen LogP contribution in [0.3, 0.4) is 0 Å². The SMILES string of the molecule is Cc1ccc(NC(=O)c2nc(C(=O)NCc3cccc(C)c3)n3ccccc23)cc1. The number of benzene rings is 2. The quantitative estimate of drug-likeness (QED) is 0.531. The molecule has 0 aliphatic carbocycles. The highest BCUT2D eigenvalue weighted by molar-refractivity contribution is 6.08. The van der Waals surface area contributed by atoms with Crippen LogP contribution in [0.1, 0.15) is 37.8 Å². The molecule has 0 bridgehead atoms. The maximum atomic E-state index is 12.8. The van der Waals surface area contributed by atoms with E-state index in [1.54, 1.807) is 22.7 Å². The Labute approximate surface area is 174 Å². The highest BCUT2D eigenvalue weighted by atomic mass is 16.2. The van der Waals surface area contributed by atoms with E-state index < -0.39 is 0 Å². The number of carbonyl (C=O) groups is 2. The number of amides is 2. The molecule has 30 heavy (non-hydrogen) atoms. The number of carbonyl (C=O) groups excluding carboxylic acids is 2. The summed E-state index contributed by atoms with van der Waals surface area (Å²) in [5.74, 6) is -0.528. The maximum absolute atomic E-state index is 12.8. The Morgan fingerprint density at radius 2 is 1.70 bits per heavy atom. The van der Waals surface area contributed by atoms with Crippen molar-refractivity contribution < 1.29 is 9.59 Å². The standard InChI is InChI=1S/C24H22N4O2/c1-16-9-11-19(12-10-16)26-23(29)21-20-8-3-4-13-28(20)22(27-21)24(30)25-15-18-7-5-6-17(2)14-18/h3-14H,15H2,1-2H3,(H,25,30)(H,26,29). The molecule has 0 fully saturated rings. The fourth-order valence-corrected chi connectivity index (χ4v) is 3.28. The van der Waals surface area contributed by atoms with E-state index in [0.717, 1.165) is 16.7 Å². The summed E-state index contributed by atoms with van der Waals surface area (Å²) in [4.78, 5) is 30.0. The smallest absolute Gasteiger partial charge is 0.287 e. The van der Waals surface area contributed by atoms with Gasteiger partial charge in [-0.1, -0.05) is 53.6 Å². The van der Waals surface area contributed by atoms with Gasteiger partial charge in [0.15, 0.2) is 5.69 Å². The van der Waals surface area contributed by atoms with Crippen molar-refractivity contribution in [2.75, 3.05) is 5.32 Å². The van der Waals surface area contributed by atoms with Crippen molar-refractivity contribution in [3.63, 3.8) is 0 Å². The van der Waals surface area contributed by atoms with Gasteiger partial charge in [-0.15, -0.1) is 0 Å². The predicted molar refractivity (Wildman–Crippen MR) is 117 cm³/mol.